The Morgan fingerprint density at radius 1 is 1.13 bits per heavy atom. The maximum Gasteiger partial charge on any atom is 0.239 e. The van der Waals surface area contributed by atoms with E-state index in [9.17, 15) is 4.79 Å². The zero-order valence-corrected chi connectivity index (χ0v) is 13.7. The van der Waals surface area contributed by atoms with Crippen LogP contribution in [0.3, 0.4) is 0 Å². The smallest absolute Gasteiger partial charge is 0.239 e. The van der Waals surface area contributed by atoms with Crippen molar-refractivity contribution >= 4 is 5.91 Å². The summed E-state index contributed by atoms with van der Waals surface area (Å²) in [6, 6.07) is 17.0. The Morgan fingerprint density at radius 2 is 1.78 bits per heavy atom. The van der Waals surface area contributed by atoms with Crippen LogP contribution in [0, 0.1) is 0 Å². The standard InChI is InChI=1S/C19H24N2O2/c1-3-23-18-12-8-7-11-16(18)14-21(2)19(22)17(20)13-15-9-5-4-6-10-15/h4-12,17H,3,13-14,20H2,1-2H3. The number of rotatable bonds is 7. The number of likely N-dealkylation sites (N-methyl/N-ethyl adjacent to an activating group) is 1. The first-order valence-corrected chi connectivity index (χ1v) is 7.87. The maximum absolute atomic E-state index is 12.5. The third-order valence-electron chi connectivity index (χ3n) is 3.67. The summed E-state index contributed by atoms with van der Waals surface area (Å²) < 4.78 is 5.60. The van der Waals surface area contributed by atoms with Gasteiger partial charge in [0.2, 0.25) is 5.91 Å². The van der Waals surface area contributed by atoms with Crippen molar-refractivity contribution in [2.24, 2.45) is 5.73 Å². The molecule has 1 atom stereocenters. The molecule has 0 fully saturated rings. The molecule has 1 amide bonds. The van der Waals surface area contributed by atoms with Crippen LogP contribution in [0.1, 0.15) is 18.1 Å². The van der Waals surface area contributed by atoms with E-state index in [1.165, 1.54) is 0 Å². The highest BCUT2D eigenvalue weighted by Gasteiger charge is 2.19. The normalized spacial score (nSPS) is 11.8. The quantitative estimate of drug-likeness (QED) is 0.855. The summed E-state index contributed by atoms with van der Waals surface area (Å²) in [6.45, 7) is 3.03. The second-order valence-corrected chi connectivity index (χ2v) is 5.53. The first kappa shape index (κ1) is 17.0. The minimum absolute atomic E-state index is 0.0693. The molecule has 122 valence electrons. The number of carbonyl (C=O) groups excluding carboxylic acids is 1. The number of nitrogens with two attached hydrogens (primary N) is 1. The van der Waals surface area contributed by atoms with Crippen molar-refractivity contribution in [3.05, 3.63) is 65.7 Å². The Labute approximate surface area is 137 Å². The van der Waals surface area contributed by atoms with E-state index in [0.29, 0.717) is 19.6 Å². The highest BCUT2D eigenvalue weighted by atomic mass is 16.5. The topological polar surface area (TPSA) is 55.6 Å². The molecule has 2 aromatic rings. The van der Waals surface area contributed by atoms with Crippen molar-refractivity contribution in [2.75, 3.05) is 13.7 Å². The van der Waals surface area contributed by atoms with E-state index < -0.39 is 6.04 Å². The van der Waals surface area contributed by atoms with Gasteiger partial charge in [-0.1, -0.05) is 48.5 Å². The summed E-state index contributed by atoms with van der Waals surface area (Å²) in [6.07, 6.45) is 0.539. The third kappa shape index (κ3) is 4.83. The number of hydrogen-bond acceptors (Lipinski definition) is 3. The Bertz CT molecular complexity index is 628. The Hall–Kier alpha value is -2.33. The number of hydrogen-bond donors (Lipinski definition) is 1. The number of benzene rings is 2. The highest BCUT2D eigenvalue weighted by Crippen LogP contribution is 2.19. The lowest BCUT2D eigenvalue weighted by Gasteiger charge is -2.22. The Balaban J connectivity index is 1.99. The summed E-state index contributed by atoms with van der Waals surface area (Å²) >= 11 is 0. The van der Waals surface area contributed by atoms with Crippen molar-refractivity contribution in [3.8, 4) is 5.75 Å². The van der Waals surface area contributed by atoms with Gasteiger partial charge in [0.25, 0.3) is 0 Å². The van der Waals surface area contributed by atoms with Gasteiger partial charge < -0.3 is 15.4 Å². The minimum Gasteiger partial charge on any atom is -0.494 e. The number of carbonyl (C=O) groups is 1. The van der Waals surface area contributed by atoms with Gasteiger partial charge in [0.1, 0.15) is 5.75 Å². The van der Waals surface area contributed by atoms with Gasteiger partial charge in [-0.2, -0.15) is 0 Å². The number of amides is 1. The molecule has 0 aromatic heterocycles. The fourth-order valence-corrected chi connectivity index (χ4v) is 2.50. The largest absolute Gasteiger partial charge is 0.494 e. The monoisotopic (exact) mass is 312 g/mol. The van der Waals surface area contributed by atoms with E-state index in [-0.39, 0.29) is 5.91 Å². The average molecular weight is 312 g/mol. The molecule has 2 rings (SSSR count). The molecule has 0 aliphatic carbocycles. The van der Waals surface area contributed by atoms with E-state index >= 15 is 0 Å². The molecule has 4 heteroatoms. The van der Waals surface area contributed by atoms with Crippen LogP contribution >= 0.6 is 0 Å². The van der Waals surface area contributed by atoms with E-state index in [4.69, 9.17) is 10.5 Å². The number of para-hydroxylation sites is 1. The van der Waals surface area contributed by atoms with Crippen LogP contribution in [0.4, 0.5) is 0 Å². The fourth-order valence-electron chi connectivity index (χ4n) is 2.50. The molecule has 0 aliphatic heterocycles. The Morgan fingerprint density at radius 3 is 2.48 bits per heavy atom. The maximum atomic E-state index is 12.5. The van der Waals surface area contributed by atoms with E-state index in [1.54, 1.807) is 11.9 Å². The molecule has 0 bridgehead atoms. The summed E-state index contributed by atoms with van der Waals surface area (Å²) in [4.78, 5) is 14.1. The molecule has 0 spiro atoms. The molecule has 1 unspecified atom stereocenters. The first-order chi connectivity index (χ1) is 11.1. The van der Waals surface area contributed by atoms with Crippen molar-refractivity contribution in [1.29, 1.82) is 0 Å². The van der Waals surface area contributed by atoms with Crippen molar-refractivity contribution in [3.63, 3.8) is 0 Å². The van der Waals surface area contributed by atoms with Crippen LogP contribution in [-0.2, 0) is 17.8 Å². The molecule has 2 N–H and O–H groups in total. The van der Waals surface area contributed by atoms with Gasteiger partial charge in [0.05, 0.1) is 12.6 Å². The zero-order valence-electron chi connectivity index (χ0n) is 13.7. The van der Waals surface area contributed by atoms with Gasteiger partial charge in [-0.25, -0.2) is 0 Å². The predicted molar refractivity (Wildman–Crippen MR) is 92.2 cm³/mol. The third-order valence-corrected chi connectivity index (χ3v) is 3.67. The SMILES string of the molecule is CCOc1ccccc1CN(C)C(=O)C(N)Cc1ccccc1. The van der Waals surface area contributed by atoms with Crippen LogP contribution in [0.5, 0.6) is 5.75 Å². The molecule has 23 heavy (non-hydrogen) atoms. The van der Waals surface area contributed by atoms with Gasteiger partial charge in [-0.3, -0.25) is 4.79 Å². The van der Waals surface area contributed by atoms with Gasteiger partial charge in [0.15, 0.2) is 0 Å². The lowest BCUT2D eigenvalue weighted by atomic mass is 10.1. The van der Waals surface area contributed by atoms with Crippen LogP contribution in [0.2, 0.25) is 0 Å². The molecular formula is C19H24N2O2. The van der Waals surface area contributed by atoms with E-state index in [2.05, 4.69) is 0 Å². The molecule has 0 aliphatic rings. The van der Waals surface area contributed by atoms with Gasteiger partial charge in [-0.15, -0.1) is 0 Å². The molecule has 0 radical (unpaired) electrons. The fraction of sp³-hybridized carbons (Fsp3) is 0.316. The van der Waals surface area contributed by atoms with E-state index in [0.717, 1.165) is 16.9 Å². The second-order valence-electron chi connectivity index (χ2n) is 5.53. The van der Waals surface area contributed by atoms with Crippen LogP contribution in [0.15, 0.2) is 54.6 Å². The summed E-state index contributed by atoms with van der Waals surface area (Å²) in [5, 5.41) is 0. The summed E-state index contributed by atoms with van der Waals surface area (Å²) in [7, 11) is 1.77. The van der Waals surface area contributed by atoms with Crippen LogP contribution in [-0.4, -0.2) is 30.5 Å². The summed E-state index contributed by atoms with van der Waals surface area (Å²) in [5.74, 6) is 0.742. The first-order valence-electron chi connectivity index (χ1n) is 7.87. The van der Waals surface area contributed by atoms with Crippen LogP contribution < -0.4 is 10.5 Å². The van der Waals surface area contributed by atoms with Crippen LogP contribution in [0.25, 0.3) is 0 Å². The molecule has 4 nitrogen and oxygen atoms in total. The molecular weight excluding hydrogens is 288 g/mol. The van der Waals surface area contributed by atoms with Gasteiger partial charge in [0, 0.05) is 19.2 Å². The summed E-state index contributed by atoms with van der Waals surface area (Å²) in [5.41, 5.74) is 8.13. The van der Waals surface area contributed by atoms with Crippen molar-refractivity contribution in [1.82, 2.24) is 4.90 Å². The van der Waals surface area contributed by atoms with Gasteiger partial charge in [-0.05, 0) is 25.0 Å². The number of ether oxygens (including phenoxy) is 1. The van der Waals surface area contributed by atoms with Crippen molar-refractivity contribution < 1.29 is 9.53 Å². The lowest BCUT2D eigenvalue weighted by Crippen LogP contribution is -2.42. The molecule has 0 saturated heterocycles. The molecule has 0 saturated carbocycles. The highest BCUT2D eigenvalue weighted by molar-refractivity contribution is 5.81. The van der Waals surface area contributed by atoms with Crippen molar-refractivity contribution in [2.45, 2.75) is 25.9 Å². The van der Waals surface area contributed by atoms with Gasteiger partial charge >= 0.3 is 0 Å². The average Bonchev–Trinajstić information content (AvgIpc) is 2.57. The Kier molecular flexibility index (Phi) is 6.18. The second kappa shape index (κ2) is 8.34. The zero-order chi connectivity index (χ0) is 16.7. The number of nitrogens with zero attached hydrogens (tertiary/aromatic N) is 1. The van der Waals surface area contributed by atoms with E-state index in [1.807, 2.05) is 61.5 Å². The lowest BCUT2D eigenvalue weighted by molar-refractivity contribution is -0.131. The minimum atomic E-state index is -0.540. The molecule has 0 heterocycles. The predicted octanol–water partition coefficient (Wildman–Crippen LogP) is 2.61. The molecule has 2 aromatic carbocycles.